The van der Waals surface area contributed by atoms with Crippen molar-refractivity contribution in [3.63, 3.8) is 0 Å². The van der Waals surface area contributed by atoms with E-state index in [4.69, 9.17) is 4.52 Å². The molecule has 0 unspecified atom stereocenters. The fraction of sp³-hybridized carbons (Fsp3) is 0.846. The molecule has 5 heteroatoms. The molecule has 0 saturated heterocycles. The molecular weight excluding hydrogens is 228 g/mol. The van der Waals surface area contributed by atoms with Gasteiger partial charge in [-0.15, -0.1) is 0 Å². The molecule has 0 spiro atoms. The quantitative estimate of drug-likeness (QED) is 0.774. The largest absolute Gasteiger partial charge is 0.340 e. The van der Waals surface area contributed by atoms with Crippen LogP contribution in [0, 0.1) is 0 Å². The molecule has 1 aliphatic carbocycles. The van der Waals surface area contributed by atoms with Gasteiger partial charge in [0.05, 0.1) is 0 Å². The average molecular weight is 252 g/mol. The van der Waals surface area contributed by atoms with E-state index in [1.165, 1.54) is 25.7 Å². The summed E-state index contributed by atoms with van der Waals surface area (Å²) in [6.07, 6.45) is 6.26. The van der Waals surface area contributed by atoms with Gasteiger partial charge in [-0.05, 0) is 25.0 Å². The summed E-state index contributed by atoms with van der Waals surface area (Å²) in [6.45, 7) is 4.01. The lowest BCUT2D eigenvalue weighted by atomic mass is 10.2. The minimum Gasteiger partial charge on any atom is -0.340 e. The molecule has 0 bridgehead atoms. The standard InChI is InChI=1S/C13H24N4O/c1-4-12-14-13(15-18-12)17(3)10-9-16(2)11-7-5-6-8-11/h11H,4-10H2,1-3H3. The summed E-state index contributed by atoms with van der Waals surface area (Å²) in [6, 6.07) is 0.773. The Kier molecular flexibility index (Phi) is 4.58. The molecule has 0 aromatic carbocycles. The summed E-state index contributed by atoms with van der Waals surface area (Å²) < 4.78 is 5.13. The van der Waals surface area contributed by atoms with Crippen molar-refractivity contribution >= 4 is 5.95 Å². The van der Waals surface area contributed by atoms with Gasteiger partial charge in [0.25, 0.3) is 5.95 Å². The maximum absolute atomic E-state index is 5.13. The molecular formula is C13H24N4O. The molecule has 1 heterocycles. The molecule has 102 valence electrons. The first kappa shape index (κ1) is 13.3. The van der Waals surface area contributed by atoms with E-state index in [0.717, 1.165) is 25.6 Å². The molecule has 1 aromatic rings. The summed E-state index contributed by atoms with van der Waals surface area (Å²) in [5, 5.41) is 3.98. The van der Waals surface area contributed by atoms with Gasteiger partial charge >= 0.3 is 0 Å². The molecule has 18 heavy (non-hydrogen) atoms. The van der Waals surface area contributed by atoms with E-state index in [1.54, 1.807) is 0 Å². The summed E-state index contributed by atoms with van der Waals surface area (Å²) >= 11 is 0. The monoisotopic (exact) mass is 252 g/mol. The lowest BCUT2D eigenvalue weighted by Crippen LogP contribution is -2.36. The SMILES string of the molecule is CCc1nc(N(C)CCN(C)C2CCCC2)no1. The van der Waals surface area contributed by atoms with E-state index >= 15 is 0 Å². The molecule has 1 aliphatic rings. The number of rotatable bonds is 6. The van der Waals surface area contributed by atoms with Gasteiger partial charge in [-0.1, -0.05) is 19.8 Å². The Bertz CT molecular complexity index is 360. The van der Waals surface area contributed by atoms with Crippen LogP contribution in [0.4, 0.5) is 5.95 Å². The summed E-state index contributed by atoms with van der Waals surface area (Å²) in [5.41, 5.74) is 0. The molecule has 5 nitrogen and oxygen atoms in total. The number of aryl methyl sites for hydroxylation is 1. The fourth-order valence-corrected chi connectivity index (χ4v) is 2.48. The first-order valence-electron chi connectivity index (χ1n) is 6.94. The van der Waals surface area contributed by atoms with Crippen molar-refractivity contribution in [1.82, 2.24) is 15.0 Å². The van der Waals surface area contributed by atoms with Crippen molar-refractivity contribution in [3.05, 3.63) is 5.89 Å². The van der Waals surface area contributed by atoms with E-state index < -0.39 is 0 Å². The van der Waals surface area contributed by atoms with Gasteiger partial charge in [0.2, 0.25) is 5.89 Å². The number of anilines is 1. The smallest absolute Gasteiger partial charge is 0.265 e. The minimum atomic E-state index is 0.701. The van der Waals surface area contributed by atoms with Crippen LogP contribution in [0.3, 0.4) is 0 Å². The highest BCUT2D eigenvalue weighted by Gasteiger charge is 2.19. The van der Waals surface area contributed by atoms with Gasteiger partial charge in [0.1, 0.15) is 0 Å². The van der Waals surface area contributed by atoms with E-state index in [1.807, 2.05) is 14.0 Å². The zero-order valence-corrected chi connectivity index (χ0v) is 11.7. The number of aromatic nitrogens is 2. The zero-order valence-electron chi connectivity index (χ0n) is 11.7. The third-order valence-corrected chi connectivity index (χ3v) is 3.84. The van der Waals surface area contributed by atoms with Crippen molar-refractivity contribution in [2.75, 3.05) is 32.1 Å². The Morgan fingerprint density at radius 3 is 2.56 bits per heavy atom. The minimum absolute atomic E-state index is 0.701. The fourth-order valence-electron chi connectivity index (χ4n) is 2.48. The summed E-state index contributed by atoms with van der Waals surface area (Å²) in [4.78, 5) is 8.86. The molecule has 1 fully saturated rings. The predicted molar refractivity (Wildman–Crippen MR) is 71.8 cm³/mol. The second-order valence-electron chi connectivity index (χ2n) is 5.18. The van der Waals surface area contributed by atoms with Crippen LogP contribution in [0.1, 0.15) is 38.5 Å². The van der Waals surface area contributed by atoms with Crippen molar-refractivity contribution in [3.8, 4) is 0 Å². The van der Waals surface area contributed by atoms with Crippen LogP contribution < -0.4 is 4.90 Å². The van der Waals surface area contributed by atoms with Crippen LogP contribution in [0.15, 0.2) is 4.52 Å². The lowest BCUT2D eigenvalue weighted by molar-refractivity contribution is 0.251. The van der Waals surface area contributed by atoms with E-state index in [-0.39, 0.29) is 0 Å². The van der Waals surface area contributed by atoms with Crippen molar-refractivity contribution in [2.45, 2.75) is 45.1 Å². The molecule has 0 atom stereocenters. The second-order valence-corrected chi connectivity index (χ2v) is 5.18. The van der Waals surface area contributed by atoms with E-state index in [9.17, 15) is 0 Å². The number of hydrogen-bond acceptors (Lipinski definition) is 5. The molecule has 0 amide bonds. The Labute approximate surface area is 109 Å². The average Bonchev–Trinajstić information content (AvgIpc) is 3.05. The molecule has 1 saturated carbocycles. The van der Waals surface area contributed by atoms with Crippen molar-refractivity contribution in [2.24, 2.45) is 0 Å². The first-order chi connectivity index (χ1) is 8.70. The van der Waals surface area contributed by atoms with Gasteiger partial charge in [-0.3, -0.25) is 0 Å². The van der Waals surface area contributed by atoms with Crippen LogP contribution in [0.25, 0.3) is 0 Å². The van der Waals surface area contributed by atoms with E-state index in [2.05, 4.69) is 27.0 Å². The van der Waals surface area contributed by atoms with Gasteiger partial charge < -0.3 is 14.3 Å². The van der Waals surface area contributed by atoms with E-state index in [0.29, 0.717) is 11.8 Å². The number of hydrogen-bond donors (Lipinski definition) is 0. The molecule has 0 radical (unpaired) electrons. The topological polar surface area (TPSA) is 45.4 Å². The molecule has 2 rings (SSSR count). The van der Waals surface area contributed by atoms with Crippen LogP contribution in [-0.4, -0.2) is 48.3 Å². The Morgan fingerprint density at radius 1 is 1.22 bits per heavy atom. The van der Waals surface area contributed by atoms with Crippen LogP contribution in [-0.2, 0) is 6.42 Å². The number of nitrogens with zero attached hydrogens (tertiary/aromatic N) is 4. The second kappa shape index (κ2) is 6.18. The maximum atomic E-state index is 5.13. The zero-order chi connectivity index (χ0) is 13.0. The first-order valence-corrected chi connectivity index (χ1v) is 6.94. The number of likely N-dealkylation sites (N-methyl/N-ethyl adjacent to an activating group) is 2. The highest BCUT2D eigenvalue weighted by Crippen LogP contribution is 2.22. The highest BCUT2D eigenvalue weighted by atomic mass is 16.5. The van der Waals surface area contributed by atoms with Gasteiger partial charge in [-0.2, -0.15) is 4.98 Å². The normalized spacial score (nSPS) is 16.7. The predicted octanol–water partition coefficient (Wildman–Crippen LogP) is 1.94. The van der Waals surface area contributed by atoms with Crippen molar-refractivity contribution in [1.29, 1.82) is 0 Å². The van der Waals surface area contributed by atoms with Crippen LogP contribution in [0.5, 0.6) is 0 Å². The maximum Gasteiger partial charge on any atom is 0.265 e. The van der Waals surface area contributed by atoms with Crippen LogP contribution >= 0.6 is 0 Å². The third kappa shape index (κ3) is 3.22. The molecule has 1 aromatic heterocycles. The lowest BCUT2D eigenvalue weighted by Gasteiger charge is -2.26. The van der Waals surface area contributed by atoms with Gasteiger partial charge in [-0.25, -0.2) is 0 Å². The van der Waals surface area contributed by atoms with Crippen molar-refractivity contribution < 1.29 is 4.52 Å². The molecule has 0 aliphatic heterocycles. The van der Waals surface area contributed by atoms with Gasteiger partial charge in [0, 0.05) is 32.6 Å². The Balaban J connectivity index is 1.78. The Morgan fingerprint density at radius 2 is 1.94 bits per heavy atom. The summed E-state index contributed by atoms with van der Waals surface area (Å²) in [5.74, 6) is 1.41. The molecule has 0 N–H and O–H groups in total. The Hall–Kier alpha value is -1.10. The highest BCUT2D eigenvalue weighted by molar-refractivity contribution is 5.25. The van der Waals surface area contributed by atoms with Gasteiger partial charge in [0.15, 0.2) is 0 Å². The van der Waals surface area contributed by atoms with Crippen LogP contribution in [0.2, 0.25) is 0 Å². The summed E-state index contributed by atoms with van der Waals surface area (Å²) in [7, 11) is 4.24. The third-order valence-electron chi connectivity index (χ3n) is 3.84.